The van der Waals surface area contributed by atoms with Crippen molar-refractivity contribution in [2.75, 3.05) is 0 Å². The van der Waals surface area contributed by atoms with Crippen LogP contribution in [0.15, 0.2) is 6.20 Å². The Morgan fingerprint density at radius 3 is 2.46 bits per heavy atom. The summed E-state index contributed by atoms with van der Waals surface area (Å²) < 4.78 is 0. The number of aromatic nitrogens is 2. The second-order valence-electron chi connectivity index (χ2n) is 3.94. The van der Waals surface area contributed by atoms with E-state index < -0.39 is 0 Å². The largest absolute Gasteiger partial charge is 0.260 e. The Morgan fingerprint density at radius 2 is 1.85 bits per heavy atom. The fraction of sp³-hybridized carbons (Fsp3) is 0.800. The highest BCUT2D eigenvalue weighted by Gasteiger charge is 2.14. The van der Waals surface area contributed by atoms with Crippen LogP contribution in [-0.4, -0.2) is 9.96 Å². The Labute approximate surface area is 81.3 Å². The Bertz CT molecular complexity index is 225. The monoisotopic (exact) mass is 196 g/mol. The third-order valence-electron chi connectivity index (χ3n) is 2.96. The molecule has 1 aliphatic carbocycles. The lowest BCUT2D eigenvalue weighted by Crippen LogP contribution is -1.99. The Morgan fingerprint density at radius 1 is 1.15 bits per heavy atom. The fourth-order valence-corrected chi connectivity index (χ4v) is 2.95. The van der Waals surface area contributed by atoms with Gasteiger partial charge in [-0.05, 0) is 18.8 Å². The summed E-state index contributed by atoms with van der Waals surface area (Å²) in [6.45, 7) is 0. The lowest BCUT2D eigenvalue weighted by Gasteiger charge is -2.17. The van der Waals surface area contributed by atoms with Gasteiger partial charge in [0.1, 0.15) is 0 Å². The Hall–Kier alpha value is -0.360. The maximum atomic E-state index is 4.07. The van der Waals surface area contributed by atoms with Crippen LogP contribution >= 0.6 is 8.35 Å². The molecule has 72 valence electrons. The minimum atomic E-state index is 0.820. The highest BCUT2D eigenvalue weighted by Crippen LogP contribution is 2.33. The van der Waals surface area contributed by atoms with Crippen molar-refractivity contribution in [1.29, 1.82) is 0 Å². The first-order chi connectivity index (χ1) is 6.47. The van der Waals surface area contributed by atoms with Gasteiger partial charge in [0.25, 0.3) is 0 Å². The van der Waals surface area contributed by atoms with Crippen LogP contribution in [0.3, 0.4) is 0 Å². The number of aromatic amines is 1. The second-order valence-corrected chi connectivity index (χ2v) is 4.88. The minimum absolute atomic E-state index is 0.820. The summed E-state index contributed by atoms with van der Waals surface area (Å²) in [6.07, 6.45) is 12.0. The topological polar surface area (TPSA) is 28.7 Å². The van der Waals surface area contributed by atoms with Gasteiger partial charge in [-0.1, -0.05) is 32.1 Å². The molecule has 0 radical (unpaired) electrons. The van der Waals surface area contributed by atoms with E-state index in [4.69, 9.17) is 0 Å². The van der Waals surface area contributed by atoms with Crippen molar-refractivity contribution in [3.8, 4) is 0 Å². The maximum Gasteiger partial charge on any atom is 0.0570 e. The van der Waals surface area contributed by atoms with E-state index in [1.807, 2.05) is 6.20 Å². The molecule has 0 aromatic carbocycles. The van der Waals surface area contributed by atoms with E-state index in [2.05, 4.69) is 9.96 Å². The van der Waals surface area contributed by atoms with Crippen LogP contribution in [0.2, 0.25) is 0 Å². The molecule has 0 atom stereocenters. The van der Waals surface area contributed by atoms with Crippen molar-refractivity contribution in [1.82, 2.24) is 9.96 Å². The van der Waals surface area contributed by atoms with Gasteiger partial charge < -0.3 is 0 Å². The van der Waals surface area contributed by atoms with E-state index in [0.29, 0.717) is 0 Å². The fourth-order valence-electron chi connectivity index (χ4n) is 2.16. The quantitative estimate of drug-likeness (QED) is 0.726. The molecule has 1 N–H and O–H groups in total. The molecular weight excluding hydrogens is 179 g/mol. The zero-order valence-corrected chi connectivity index (χ0v) is 8.89. The van der Waals surface area contributed by atoms with E-state index >= 15 is 0 Å². The molecular formula is C10H17N2P. The van der Waals surface area contributed by atoms with Gasteiger partial charge in [-0.15, -0.1) is 0 Å². The normalized spacial score (nSPS) is 21.5. The molecule has 2 nitrogen and oxygen atoms in total. The molecule has 0 unspecified atom stereocenters. The number of nitrogens with zero attached hydrogens (tertiary/aromatic N) is 1. The van der Waals surface area contributed by atoms with Crippen LogP contribution in [0.25, 0.3) is 0 Å². The highest BCUT2D eigenvalue weighted by molar-refractivity contribution is 7.26. The minimum Gasteiger partial charge on any atom is -0.260 e. The Balaban J connectivity index is 1.96. The van der Waals surface area contributed by atoms with Crippen molar-refractivity contribution >= 4 is 8.35 Å². The molecule has 0 bridgehead atoms. The van der Waals surface area contributed by atoms with Crippen LogP contribution in [0, 0.1) is 0 Å². The van der Waals surface area contributed by atoms with Gasteiger partial charge in [-0.3, -0.25) is 4.86 Å². The van der Waals surface area contributed by atoms with E-state index in [-0.39, 0.29) is 0 Å². The van der Waals surface area contributed by atoms with Crippen LogP contribution in [-0.2, 0) is 0 Å². The number of hydrogen-bond donors (Lipinski definition) is 1. The van der Waals surface area contributed by atoms with Gasteiger partial charge in [0.15, 0.2) is 0 Å². The molecule has 13 heavy (non-hydrogen) atoms. The van der Waals surface area contributed by atoms with E-state index in [1.54, 1.807) is 0 Å². The molecule has 0 aliphatic heterocycles. The molecule has 0 spiro atoms. The van der Waals surface area contributed by atoms with Crippen LogP contribution in [0.1, 0.15) is 56.2 Å². The average molecular weight is 196 g/mol. The summed E-state index contributed by atoms with van der Waals surface area (Å²) >= 11 is 0. The number of H-pyrrole nitrogens is 1. The molecule has 1 saturated carbocycles. The van der Waals surface area contributed by atoms with Crippen molar-refractivity contribution in [2.45, 2.75) is 50.9 Å². The molecule has 0 saturated heterocycles. The third kappa shape index (κ3) is 2.54. The SMILES string of the molecule is c1n[nH]pc1C1CCCCCCC1. The molecule has 1 heterocycles. The smallest absolute Gasteiger partial charge is 0.0570 e. The van der Waals surface area contributed by atoms with E-state index in [0.717, 1.165) is 5.92 Å². The summed E-state index contributed by atoms with van der Waals surface area (Å²) in [7, 11) is 1.24. The van der Waals surface area contributed by atoms with Crippen LogP contribution < -0.4 is 0 Å². The van der Waals surface area contributed by atoms with Crippen LogP contribution in [0.5, 0.6) is 0 Å². The zero-order valence-electron chi connectivity index (χ0n) is 8.00. The molecule has 1 aliphatic rings. The van der Waals surface area contributed by atoms with E-state index in [9.17, 15) is 0 Å². The predicted molar refractivity (Wildman–Crippen MR) is 56.2 cm³/mol. The predicted octanol–water partition coefficient (Wildman–Crippen LogP) is 3.82. The zero-order chi connectivity index (χ0) is 8.93. The summed E-state index contributed by atoms with van der Waals surface area (Å²) in [5, 5.41) is 5.59. The molecule has 1 aromatic heterocycles. The number of hydrogen-bond acceptors (Lipinski definition) is 1. The summed E-state index contributed by atoms with van der Waals surface area (Å²) in [5.74, 6) is 0.820. The lowest BCUT2D eigenvalue weighted by molar-refractivity contribution is 0.459. The molecule has 2 rings (SSSR count). The summed E-state index contributed by atoms with van der Waals surface area (Å²) in [4.78, 5) is 3.01. The second kappa shape index (κ2) is 4.76. The molecule has 0 amide bonds. The first-order valence-corrected chi connectivity index (χ1v) is 6.22. The van der Waals surface area contributed by atoms with Gasteiger partial charge in [0, 0.05) is 13.6 Å². The van der Waals surface area contributed by atoms with Crippen molar-refractivity contribution in [2.24, 2.45) is 0 Å². The standard InChI is InChI=1S/C10H17N2P/c1-2-4-6-9(7-5-3-1)10-8-11-12-13-10/h8-9H,1-7H2,(H,11,12). The van der Waals surface area contributed by atoms with Gasteiger partial charge in [-0.25, -0.2) is 0 Å². The third-order valence-corrected chi connectivity index (χ3v) is 3.91. The van der Waals surface area contributed by atoms with Crippen molar-refractivity contribution < 1.29 is 0 Å². The number of rotatable bonds is 1. The van der Waals surface area contributed by atoms with Gasteiger partial charge in [0.05, 0.1) is 6.20 Å². The summed E-state index contributed by atoms with van der Waals surface area (Å²) in [6, 6.07) is 0. The lowest BCUT2D eigenvalue weighted by atomic mass is 9.90. The van der Waals surface area contributed by atoms with E-state index in [1.165, 1.54) is 58.6 Å². The van der Waals surface area contributed by atoms with Crippen molar-refractivity contribution in [3.05, 3.63) is 11.5 Å². The first-order valence-electron chi connectivity index (χ1n) is 5.32. The summed E-state index contributed by atoms with van der Waals surface area (Å²) in [5.41, 5.74) is 0. The highest BCUT2D eigenvalue weighted by atomic mass is 31.0. The molecule has 1 aromatic rings. The molecule has 1 fully saturated rings. The van der Waals surface area contributed by atoms with Crippen molar-refractivity contribution in [3.63, 3.8) is 0 Å². The molecule has 3 heteroatoms. The first kappa shape index (κ1) is 9.21. The Kier molecular flexibility index (Phi) is 3.37. The van der Waals surface area contributed by atoms with Gasteiger partial charge in [0.2, 0.25) is 0 Å². The average Bonchev–Trinajstić information content (AvgIpc) is 2.55. The number of nitrogens with one attached hydrogen (secondary N) is 1. The van der Waals surface area contributed by atoms with Gasteiger partial charge >= 0.3 is 0 Å². The van der Waals surface area contributed by atoms with Gasteiger partial charge in [-0.2, -0.15) is 5.10 Å². The van der Waals surface area contributed by atoms with Crippen LogP contribution in [0.4, 0.5) is 0 Å². The maximum absolute atomic E-state index is 4.07.